The third-order valence-electron chi connectivity index (χ3n) is 4.16. The highest BCUT2D eigenvalue weighted by Crippen LogP contribution is 2.55. The second kappa shape index (κ2) is 4.98. The summed E-state index contributed by atoms with van der Waals surface area (Å²) >= 11 is 7.48. The van der Waals surface area contributed by atoms with Crippen LogP contribution in [0.15, 0.2) is 24.3 Å². The summed E-state index contributed by atoms with van der Waals surface area (Å²) in [5.41, 5.74) is -0.292. The zero-order valence-corrected chi connectivity index (χ0v) is 12.5. The Balaban J connectivity index is 2.14. The summed E-state index contributed by atoms with van der Waals surface area (Å²) in [5.74, 6) is 0.392. The van der Waals surface area contributed by atoms with E-state index in [9.17, 15) is 4.79 Å². The number of ketones is 1. The first-order valence-electron chi connectivity index (χ1n) is 6.72. The number of fused-ring (bicyclic) bond motifs is 1. The predicted molar refractivity (Wildman–Crippen MR) is 79.0 cm³/mol. The number of rotatable bonds is 1. The van der Waals surface area contributed by atoms with Crippen LogP contribution in [0.3, 0.4) is 0 Å². The first-order chi connectivity index (χ1) is 9.63. The van der Waals surface area contributed by atoms with Gasteiger partial charge in [0.1, 0.15) is 16.8 Å². The number of thiocyanates is 1. The molecule has 0 bridgehead atoms. The monoisotopic (exact) mass is 307 g/mol. The van der Waals surface area contributed by atoms with Crippen molar-refractivity contribution in [2.24, 2.45) is 0 Å². The molecule has 1 aromatic carbocycles. The molecule has 20 heavy (non-hydrogen) atoms. The van der Waals surface area contributed by atoms with Crippen molar-refractivity contribution < 1.29 is 9.53 Å². The summed E-state index contributed by atoms with van der Waals surface area (Å²) < 4.78 is 4.84. The Hall–Kier alpha value is -1.18. The van der Waals surface area contributed by atoms with Crippen LogP contribution < -0.4 is 4.74 Å². The minimum absolute atomic E-state index is 0.200. The Kier molecular flexibility index (Phi) is 3.43. The third kappa shape index (κ3) is 1.84. The van der Waals surface area contributed by atoms with Gasteiger partial charge >= 0.3 is 0 Å². The molecule has 0 N–H and O–H groups in total. The van der Waals surface area contributed by atoms with Crippen LogP contribution in [0.1, 0.15) is 42.5 Å². The Morgan fingerprint density at radius 3 is 2.65 bits per heavy atom. The zero-order chi connectivity index (χ0) is 14.2. The summed E-state index contributed by atoms with van der Waals surface area (Å²) in [6.45, 7) is 0. The minimum atomic E-state index is -1.34. The number of thioether (sulfide) groups is 1. The second-order valence-electron chi connectivity index (χ2n) is 5.27. The van der Waals surface area contributed by atoms with E-state index < -0.39 is 9.81 Å². The molecule has 3 rings (SSSR count). The number of ether oxygens (including phenoxy) is 1. The van der Waals surface area contributed by atoms with Gasteiger partial charge in [-0.1, -0.05) is 30.2 Å². The first-order valence-corrected chi connectivity index (χ1v) is 7.91. The largest absolute Gasteiger partial charge is 0.483 e. The van der Waals surface area contributed by atoms with Crippen molar-refractivity contribution in [3.63, 3.8) is 0 Å². The molecule has 1 aliphatic carbocycles. The van der Waals surface area contributed by atoms with Crippen LogP contribution in [0.2, 0.25) is 0 Å². The normalized spacial score (nSPS) is 27.5. The Morgan fingerprint density at radius 2 is 1.95 bits per heavy atom. The number of hydrogen-bond acceptors (Lipinski definition) is 4. The number of halogens is 1. The highest BCUT2D eigenvalue weighted by Gasteiger charge is 2.61. The van der Waals surface area contributed by atoms with Gasteiger partial charge in [0.05, 0.1) is 5.56 Å². The van der Waals surface area contributed by atoms with Crippen molar-refractivity contribution in [1.29, 1.82) is 5.26 Å². The molecule has 3 nitrogen and oxygen atoms in total. The zero-order valence-electron chi connectivity index (χ0n) is 10.9. The van der Waals surface area contributed by atoms with Crippen LogP contribution >= 0.6 is 23.4 Å². The minimum Gasteiger partial charge on any atom is -0.483 e. The molecule has 2 aliphatic rings. The molecule has 1 fully saturated rings. The molecule has 0 radical (unpaired) electrons. The molecule has 1 spiro atoms. The fourth-order valence-electron chi connectivity index (χ4n) is 3.15. The fraction of sp³-hybridized carbons (Fsp3) is 0.467. The number of alkyl halides is 1. The average molecular weight is 308 g/mol. The Bertz CT molecular complexity index is 592. The number of benzene rings is 1. The number of nitriles is 1. The highest BCUT2D eigenvalue weighted by atomic mass is 35.5. The number of carbonyl (C=O) groups excluding carboxylic acids is 1. The van der Waals surface area contributed by atoms with Gasteiger partial charge in [0.15, 0.2) is 0 Å². The topological polar surface area (TPSA) is 50.1 Å². The van der Waals surface area contributed by atoms with E-state index in [1.165, 1.54) is 0 Å². The first kappa shape index (κ1) is 13.8. The van der Waals surface area contributed by atoms with Crippen LogP contribution in [-0.2, 0) is 0 Å². The van der Waals surface area contributed by atoms with Gasteiger partial charge < -0.3 is 4.74 Å². The fourth-order valence-corrected chi connectivity index (χ4v) is 4.34. The third-order valence-corrected chi connectivity index (χ3v) is 5.84. The molecule has 0 unspecified atom stereocenters. The van der Waals surface area contributed by atoms with Crippen molar-refractivity contribution >= 4 is 29.1 Å². The summed E-state index contributed by atoms with van der Waals surface area (Å²) in [4.78, 5) is 12.8. The predicted octanol–water partition coefficient (Wildman–Crippen LogP) is 4.11. The molecule has 1 heterocycles. The van der Waals surface area contributed by atoms with Gasteiger partial charge in [0.25, 0.3) is 0 Å². The molecule has 104 valence electrons. The standard InChI is InChI=1S/C15H14ClNO2S/c16-15(20-10-17)13(18)11-6-2-3-7-12(11)19-14(15)8-4-1-5-9-14/h2-3,6-7H,1,4-5,8-9H2/t15-/m1/s1. The van der Waals surface area contributed by atoms with Crippen molar-refractivity contribution in [2.75, 3.05) is 0 Å². The van der Waals surface area contributed by atoms with E-state index in [1.54, 1.807) is 18.2 Å². The van der Waals surface area contributed by atoms with Crippen molar-refractivity contribution in [3.8, 4) is 11.2 Å². The van der Waals surface area contributed by atoms with E-state index in [1.807, 2.05) is 11.5 Å². The lowest BCUT2D eigenvalue weighted by molar-refractivity contribution is 0.00875. The molecule has 1 saturated carbocycles. The molecule has 1 aromatic rings. The van der Waals surface area contributed by atoms with Gasteiger partial charge in [0, 0.05) is 0 Å². The molecule has 5 heteroatoms. The number of Topliss-reactive ketones (excluding diaryl/α,β-unsaturated/α-hetero) is 1. The molecular weight excluding hydrogens is 294 g/mol. The number of hydrogen-bond donors (Lipinski definition) is 0. The smallest absolute Gasteiger partial charge is 0.205 e. The number of para-hydroxylation sites is 1. The lowest BCUT2D eigenvalue weighted by Gasteiger charge is -2.49. The van der Waals surface area contributed by atoms with E-state index >= 15 is 0 Å². The van der Waals surface area contributed by atoms with E-state index in [0.717, 1.165) is 31.0 Å². The van der Waals surface area contributed by atoms with Gasteiger partial charge in [-0.05, 0) is 49.6 Å². The van der Waals surface area contributed by atoms with Gasteiger partial charge in [0.2, 0.25) is 9.99 Å². The second-order valence-corrected chi connectivity index (χ2v) is 7.06. The molecule has 0 amide bonds. The van der Waals surface area contributed by atoms with Crippen LogP contribution in [0.4, 0.5) is 0 Å². The molecule has 1 aliphatic heterocycles. The summed E-state index contributed by atoms with van der Waals surface area (Å²) in [7, 11) is 0. The summed E-state index contributed by atoms with van der Waals surface area (Å²) in [5, 5.41) is 11.1. The maximum absolute atomic E-state index is 12.8. The molecule has 1 atom stereocenters. The molecule has 0 aromatic heterocycles. The Labute approximate surface area is 127 Å². The van der Waals surface area contributed by atoms with Crippen molar-refractivity contribution in [1.82, 2.24) is 0 Å². The number of carbonyl (C=O) groups is 1. The maximum Gasteiger partial charge on any atom is 0.205 e. The lowest BCUT2D eigenvalue weighted by atomic mass is 9.77. The van der Waals surface area contributed by atoms with Crippen LogP contribution in [0, 0.1) is 10.7 Å². The van der Waals surface area contributed by atoms with Crippen molar-refractivity contribution in [3.05, 3.63) is 29.8 Å². The van der Waals surface area contributed by atoms with Crippen LogP contribution in [0.25, 0.3) is 0 Å². The summed E-state index contributed by atoms with van der Waals surface area (Å²) in [6.07, 6.45) is 4.48. The Morgan fingerprint density at radius 1 is 1.25 bits per heavy atom. The van der Waals surface area contributed by atoms with Gasteiger partial charge in [-0.3, -0.25) is 4.79 Å². The van der Waals surface area contributed by atoms with E-state index in [2.05, 4.69) is 0 Å². The van der Waals surface area contributed by atoms with E-state index in [4.69, 9.17) is 21.6 Å². The van der Waals surface area contributed by atoms with Crippen LogP contribution in [0.5, 0.6) is 5.75 Å². The highest BCUT2D eigenvalue weighted by molar-refractivity contribution is 8.07. The maximum atomic E-state index is 12.8. The van der Waals surface area contributed by atoms with E-state index in [-0.39, 0.29) is 5.78 Å². The van der Waals surface area contributed by atoms with E-state index in [0.29, 0.717) is 24.2 Å². The lowest BCUT2D eigenvalue weighted by Crippen LogP contribution is -2.60. The van der Waals surface area contributed by atoms with Gasteiger partial charge in [-0.25, -0.2) is 0 Å². The SMILES string of the molecule is N#CS[C@]1(Cl)C(=O)c2ccccc2OC12CCCCC2. The quantitative estimate of drug-likeness (QED) is 0.578. The average Bonchev–Trinajstić information content (AvgIpc) is 2.47. The van der Waals surface area contributed by atoms with Gasteiger partial charge in [-0.15, -0.1) is 0 Å². The number of nitrogens with zero attached hydrogens (tertiary/aromatic N) is 1. The van der Waals surface area contributed by atoms with Crippen LogP contribution in [-0.4, -0.2) is 15.6 Å². The molecule has 0 saturated heterocycles. The van der Waals surface area contributed by atoms with Crippen molar-refractivity contribution in [2.45, 2.75) is 41.9 Å². The molecular formula is C15H14ClNO2S. The van der Waals surface area contributed by atoms with Gasteiger partial charge in [-0.2, -0.15) is 5.26 Å². The summed E-state index contributed by atoms with van der Waals surface area (Å²) in [6, 6.07) is 7.15.